The summed E-state index contributed by atoms with van der Waals surface area (Å²) in [7, 11) is 0. The summed E-state index contributed by atoms with van der Waals surface area (Å²) >= 11 is 0. The van der Waals surface area contributed by atoms with Crippen molar-refractivity contribution < 1.29 is 17.6 Å². The van der Waals surface area contributed by atoms with Crippen molar-refractivity contribution in [1.29, 1.82) is 0 Å². The van der Waals surface area contributed by atoms with E-state index in [1.54, 1.807) is 0 Å². The van der Waals surface area contributed by atoms with Gasteiger partial charge in [0.15, 0.2) is 0 Å². The van der Waals surface area contributed by atoms with Crippen LogP contribution in [0.15, 0.2) is 0 Å². The molecule has 5 heteroatoms. The van der Waals surface area contributed by atoms with Crippen LogP contribution in [0.4, 0.5) is 17.6 Å². The van der Waals surface area contributed by atoms with E-state index < -0.39 is 24.9 Å². The van der Waals surface area contributed by atoms with Gasteiger partial charge in [0.2, 0.25) is 0 Å². The average Bonchev–Trinajstić information content (AvgIpc) is 2.01. The Morgan fingerprint density at radius 2 is 2.00 bits per heavy atom. The molecule has 1 rings (SSSR count). The summed E-state index contributed by atoms with van der Waals surface area (Å²) in [5.74, 6) is -2.81. The van der Waals surface area contributed by atoms with E-state index in [1.165, 1.54) is 0 Å². The van der Waals surface area contributed by atoms with Crippen LogP contribution in [0.5, 0.6) is 0 Å². The van der Waals surface area contributed by atoms with Gasteiger partial charge in [-0.25, -0.2) is 17.6 Å². The van der Waals surface area contributed by atoms with E-state index in [9.17, 15) is 17.6 Å². The topological polar surface area (TPSA) is 12.0 Å². The first-order chi connectivity index (χ1) is 6.02. The van der Waals surface area contributed by atoms with E-state index in [4.69, 9.17) is 0 Å². The predicted octanol–water partition coefficient (Wildman–Crippen LogP) is 2.42. The number of rotatable bonds is 3. The van der Waals surface area contributed by atoms with Gasteiger partial charge in [0, 0.05) is 6.42 Å². The summed E-state index contributed by atoms with van der Waals surface area (Å²) < 4.78 is 49.5. The normalized spacial score (nSPS) is 27.9. The second-order valence-electron chi connectivity index (χ2n) is 3.36. The lowest BCUT2D eigenvalue weighted by atomic mass is 9.91. The van der Waals surface area contributed by atoms with Gasteiger partial charge in [0.05, 0.1) is 12.6 Å². The molecule has 0 radical (unpaired) electrons. The van der Waals surface area contributed by atoms with Crippen LogP contribution in [0.25, 0.3) is 0 Å². The Kier molecular flexibility index (Phi) is 3.53. The van der Waals surface area contributed by atoms with Crippen molar-refractivity contribution in [2.45, 2.75) is 44.1 Å². The molecule has 1 N–H and O–H groups in total. The lowest BCUT2D eigenvalue weighted by Crippen LogP contribution is -2.48. The van der Waals surface area contributed by atoms with Crippen LogP contribution in [0, 0.1) is 0 Å². The fourth-order valence-electron chi connectivity index (χ4n) is 1.58. The molecule has 0 bridgehead atoms. The molecular formula is C8H13F4N. The lowest BCUT2D eigenvalue weighted by molar-refractivity contribution is -0.0665. The maximum absolute atomic E-state index is 13.0. The zero-order valence-electron chi connectivity index (χ0n) is 7.20. The molecule has 1 nitrogen and oxygen atoms in total. The minimum absolute atomic E-state index is 0.187. The molecule has 78 valence electrons. The highest BCUT2D eigenvalue weighted by molar-refractivity contribution is 4.87. The molecule has 0 aromatic rings. The van der Waals surface area contributed by atoms with Gasteiger partial charge in [-0.3, -0.25) is 0 Å². The Labute approximate surface area is 74.5 Å². The lowest BCUT2D eigenvalue weighted by Gasteiger charge is -2.31. The molecule has 0 saturated heterocycles. The summed E-state index contributed by atoms with van der Waals surface area (Å²) in [6.07, 6.45) is -1.28. The van der Waals surface area contributed by atoms with Crippen molar-refractivity contribution in [3.63, 3.8) is 0 Å². The monoisotopic (exact) mass is 199 g/mol. The summed E-state index contributed by atoms with van der Waals surface area (Å²) in [6.45, 7) is -0.639. The molecule has 1 fully saturated rings. The van der Waals surface area contributed by atoms with Crippen molar-refractivity contribution in [3.05, 3.63) is 0 Å². The van der Waals surface area contributed by atoms with Crippen LogP contribution in [-0.4, -0.2) is 24.9 Å². The number of hydrogen-bond acceptors (Lipinski definition) is 1. The minimum atomic E-state index is -2.81. The Morgan fingerprint density at radius 1 is 1.31 bits per heavy atom. The van der Waals surface area contributed by atoms with Crippen LogP contribution in [0.3, 0.4) is 0 Å². The zero-order chi connectivity index (χ0) is 9.90. The van der Waals surface area contributed by atoms with Crippen molar-refractivity contribution in [2.75, 3.05) is 6.54 Å². The number of nitrogens with one attached hydrogen (secondary N) is 1. The molecule has 0 heterocycles. The van der Waals surface area contributed by atoms with Crippen LogP contribution >= 0.6 is 0 Å². The third kappa shape index (κ3) is 3.14. The molecular weight excluding hydrogens is 186 g/mol. The molecule has 1 atom stereocenters. The Bertz CT molecular complexity index is 160. The van der Waals surface area contributed by atoms with Crippen LogP contribution in [-0.2, 0) is 0 Å². The van der Waals surface area contributed by atoms with Gasteiger partial charge in [-0.1, -0.05) is 6.42 Å². The van der Waals surface area contributed by atoms with E-state index in [-0.39, 0.29) is 6.42 Å². The maximum Gasteiger partial charge on any atom is 0.263 e. The van der Waals surface area contributed by atoms with Gasteiger partial charge in [0.25, 0.3) is 12.3 Å². The van der Waals surface area contributed by atoms with Gasteiger partial charge < -0.3 is 5.32 Å². The van der Waals surface area contributed by atoms with Crippen molar-refractivity contribution >= 4 is 0 Å². The molecule has 1 aliphatic rings. The van der Waals surface area contributed by atoms with Gasteiger partial charge in [-0.2, -0.15) is 0 Å². The van der Waals surface area contributed by atoms with Crippen LogP contribution in [0.1, 0.15) is 25.7 Å². The first-order valence-corrected chi connectivity index (χ1v) is 4.42. The maximum atomic E-state index is 13.0. The van der Waals surface area contributed by atoms with Crippen LogP contribution in [0.2, 0.25) is 0 Å². The molecule has 1 unspecified atom stereocenters. The van der Waals surface area contributed by atoms with Gasteiger partial charge in [-0.15, -0.1) is 0 Å². The van der Waals surface area contributed by atoms with E-state index in [0.717, 1.165) is 0 Å². The molecule has 1 aliphatic carbocycles. The number of alkyl halides is 4. The number of halogens is 4. The highest BCUT2D eigenvalue weighted by Crippen LogP contribution is 2.33. The molecule has 0 aromatic heterocycles. The molecule has 13 heavy (non-hydrogen) atoms. The van der Waals surface area contributed by atoms with E-state index >= 15 is 0 Å². The van der Waals surface area contributed by atoms with Gasteiger partial charge in [0.1, 0.15) is 0 Å². The largest absolute Gasteiger partial charge is 0.303 e. The summed E-state index contributed by atoms with van der Waals surface area (Å²) in [4.78, 5) is 0. The second-order valence-corrected chi connectivity index (χ2v) is 3.36. The third-order valence-corrected chi connectivity index (χ3v) is 2.28. The Balaban J connectivity index is 2.37. The predicted molar refractivity (Wildman–Crippen MR) is 41.2 cm³/mol. The second kappa shape index (κ2) is 4.26. The molecule has 1 saturated carbocycles. The standard InChI is InChI=1S/C8H13F4N/c9-7(10)5-13-6-3-1-2-4-8(6,11)12/h6-7,13H,1-5H2. The Morgan fingerprint density at radius 3 is 2.54 bits per heavy atom. The fourth-order valence-corrected chi connectivity index (χ4v) is 1.58. The summed E-state index contributed by atoms with van der Waals surface area (Å²) in [5.41, 5.74) is 0. The smallest absolute Gasteiger partial charge is 0.263 e. The van der Waals surface area contributed by atoms with Crippen molar-refractivity contribution in [2.24, 2.45) is 0 Å². The fraction of sp³-hybridized carbons (Fsp3) is 1.00. The molecule has 0 amide bonds. The first-order valence-electron chi connectivity index (χ1n) is 4.42. The summed E-state index contributed by atoms with van der Waals surface area (Å²) in [5, 5.41) is 2.21. The summed E-state index contributed by atoms with van der Waals surface area (Å²) in [6, 6.07) is -1.06. The molecule has 0 aromatic carbocycles. The quantitative estimate of drug-likeness (QED) is 0.688. The SMILES string of the molecule is FC(F)CNC1CCCCC1(F)F. The van der Waals surface area contributed by atoms with E-state index in [1.807, 2.05) is 0 Å². The highest BCUT2D eigenvalue weighted by Gasteiger charge is 2.41. The van der Waals surface area contributed by atoms with Crippen LogP contribution < -0.4 is 5.32 Å². The highest BCUT2D eigenvalue weighted by atomic mass is 19.3. The minimum Gasteiger partial charge on any atom is -0.303 e. The number of hydrogen-bond donors (Lipinski definition) is 1. The molecule has 0 aliphatic heterocycles. The first kappa shape index (κ1) is 10.8. The molecule has 0 spiro atoms. The third-order valence-electron chi connectivity index (χ3n) is 2.28. The Hall–Kier alpha value is -0.320. The van der Waals surface area contributed by atoms with E-state index in [0.29, 0.717) is 19.3 Å². The van der Waals surface area contributed by atoms with Gasteiger partial charge in [-0.05, 0) is 12.8 Å². The zero-order valence-corrected chi connectivity index (χ0v) is 7.20. The van der Waals surface area contributed by atoms with Crippen molar-refractivity contribution in [3.8, 4) is 0 Å². The van der Waals surface area contributed by atoms with Gasteiger partial charge >= 0.3 is 0 Å². The van der Waals surface area contributed by atoms with E-state index in [2.05, 4.69) is 5.32 Å². The average molecular weight is 199 g/mol. The van der Waals surface area contributed by atoms with Crippen molar-refractivity contribution in [1.82, 2.24) is 5.32 Å².